The number of rotatable bonds is 1. The maximum Gasteiger partial charge on any atom is 0.163 e. The Morgan fingerprint density at radius 2 is 1.28 bits per heavy atom. The first-order valence-electron chi connectivity index (χ1n) is 6.39. The molecule has 0 radical (unpaired) electrons. The second kappa shape index (κ2) is 6.33. The van der Waals surface area contributed by atoms with Crippen LogP contribution in [-0.4, -0.2) is 0 Å². The lowest BCUT2D eigenvalue weighted by molar-refractivity contribution is 1.50. The first kappa shape index (κ1) is 12.8. The minimum Gasteiger partial charge on any atom is -0.0683 e. The molecular formula is C17H18P+. The van der Waals surface area contributed by atoms with E-state index in [-0.39, 0.29) is 7.53 Å². The third-order valence-corrected chi connectivity index (χ3v) is 4.66. The van der Waals surface area contributed by atoms with Gasteiger partial charge in [0.1, 0.15) is 11.6 Å². The van der Waals surface area contributed by atoms with Crippen molar-refractivity contribution in [3.63, 3.8) is 0 Å². The quantitative estimate of drug-likeness (QED) is 0.490. The van der Waals surface area contributed by atoms with Gasteiger partial charge in [-0.15, -0.1) is 0 Å². The van der Waals surface area contributed by atoms with Crippen LogP contribution in [0.4, 0.5) is 0 Å². The first-order chi connectivity index (χ1) is 8.93. The molecule has 1 heteroatoms. The summed E-state index contributed by atoms with van der Waals surface area (Å²) in [5, 5.41) is 4.11. The Kier molecular flexibility index (Phi) is 4.50. The van der Waals surface area contributed by atoms with Gasteiger partial charge in [-0.2, -0.15) is 0 Å². The second-order valence-electron chi connectivity index (χ2n) is 3.82. The van der Waals surface area contributed by atoms with E-state index in [0.717, 1.165) is 0 Å². The molecule has 90 valence electrons. The Morgan fingerprint density at radius 3 is 2.00 bits per heavy atom. The lowest BCUT2D eigenvalue weighted by Gasteiger charge is -1.94. The largest absolute Gasteiger partial charge is 0.163 e. The second-order valence-corrected chi connectivity index (χ2v) is 5.70. The van der Waals surface area contributed by atoms with Gasteiger partial charge in [0.15, 0.2) is 12.8 Å². The highest BCUT2D eigenvalue weighted by molar-refractivity contribution is 7.56. The zero-order chi connectivity index (χ0) is 12.8. The third kappa shape index (κ3) is 2.78. The molecule has 0 saturated carbocycles. The maximum atomic E-state index is 2.39. The maximum absolute atomic E-state index is 2.39. The van der Waals surface area contributed by atoms with Gasteiger partial charge in [-0.3, -0.25) is 0 Å². The Hall–Kier alpha value is -1.65. The van der Waals surface area contributed by atoms with Gasteiger partial charge in [0.25, 0.3) is 0 Å². The van der Waals surface area contributed by atoms with E-state index in [4.69, 9.17) is 0 Å². The van der Waals surface area contributed by atoms with Gasteiger partial charge in [-0.25, -0.2) is 0 Å². The predicted octanol–water partition coefficient (Wildman–Crippen LogP) is 6.12. The number of fused-ring (bicyclic) bond motifs is 1. The Labute approximate surface area is 110 Å². The van der Waals surface area contributed by atoms with Crippen molar-refractivity contribution in [2.24, 2.45) is 0 Å². The molecule has 18 heavy (non-hydrogen) atoms. The molecule has 3 aromatic rings. The van der Waals surface area contributed by atoms with Crippen LogP contribution in [0.2, 0.25) is 0 Å². The summed E-state index contributed by atoms with van der Waals surface area (Å²) in [4.78, 5) is 0. The number of hydrogen-bond acceptors (Lipinski definition) is 0. The summed E-state index contributed by atoms with van der Waals surface area (Å²) >= 11 is 0. The van der Waals surface area contributed by atoms with E-state index in [0.29, 0.717) is 0 Å². The van der Waals surface area contributed by atoms with Gasteiger partial charge in [0, 0.05) is 5.39 Å². The fourth-order valence-corrected chi connectivity index (χ4v) is 3.67. The molecule has 1 heterocycles. The summed E-state index contributed by atoms with van der Waals surface area (Å²) in [6, 6.07) is 21.5. The highest BCUT2D eigenvalue weighted by atomic mass is 31.1. The average molecular weight is 253 g/mol. The van der Waals surface area contributed by atoms with Crippen molar-refractivity contribution in [2.45, 2.75) is 13.8 Å². The lowest BCUT2D eigenvalue weighted by atomic mass is 10.2. The molecule has 0 fully saturated rings. The lowest BCUT2D eigenvalue weighted by Crippen LogP contribution is -1.70. The zero-order valence-corrected chi connectivity index (χ0v) is 11.8. The summed E-state index contributed by atoms with van der Waals surface area (Å²) in [5.41, 5.74) is 0. The van der Waals surface area contributed by atoms with E-state index in [1.165, 1.54) is 16.1 Å². The molecule has 0 bridgehead atoms. The summed E-state index contributed by atoms with van der Waals surface area (Å²) in [6.45, 7) is 4.00. The van der Waals surface area contributed by atoms with Crippen LogP contribution in [-0.2, 0) is 0 Å². The van der Waals surface area contributed by atoms with Crippen LogP contribution in [0.3, 0.4) is 0 Å². The molecule has 1 unspecified atom stereocenters. The van der Waals surface area contributed by atoms with Crippen molar-refractivity contribution in [1.82, 2.24) is 0 Å². The molecule has 0 spiro atoms. The van der Waals surface area contributed by atoms with Crippen LogP contribution in [0.5, 0.6) is 0 Å². The molecule has 0 saturated heterocycles. The van der Waals surface area contributed by atoms with Crippen LogP contribution in [0, 0.1) is 0 Å². The molecule has 0 aliphatic heterocycles. The molecular weight excluding hydrogens is 235 g/mol. The van der Waals surface area contributed by atoms with Gasteiger partial charge in [0.2, 0.25) is 0 Å². The number of benzene rings is 2. The molecule has 3 rings (SSSR count). The van der Waals surface area contributed by atoms with Crippen molar-refractivity contribution in [1.29, 1.82) is 0 Å². The van der Waals surface area contributed by atoms with E-state index in [2.05, 4.69) is 72.3 Å². The fraction of sp³-hybridized carbons (Fsp3) is 0.118. The molecule has 0 aliphatic rings. The van der Waals surface area contributed by atoms with Crippen LogP contribution >= 0.6 is 7.53 Å². The van der Waals surface area contributed by atoms with Gasteiger partial charge >= 0.3 is 0 Å². The minimum atomic E-state index is -0.259. The molecule has 0 amide bonds. The van der Waals surface area contributed by atoms with Gasteiger partial charge in [-0.1, -0.05) is 56.3 Å². The van der Waals surface area contributed by atoms with Crippen molar-refractivity contribution in [2.75, 3.05) is 0 Å². The monoisotopic (exact) mass is 253 g/mol. The van der Waals surface area contributed by atoms with Crippen molar-refractivity contribution in [3.05, 3.63) is 72.3 Å². The van der Waals surface area contributed by atoms with Crippen LogP contribution in [0.1, 0.15) is 13.8 Å². The SMILES string of the molecule is CC.c1ccc(-[p+]2ccc3ccccc3c2)cc1. The van der Waals surface area contributed by atoms with Crippen molar-refractivity contribution < 1.29 is 0 Å². The smallest absolute Gasteiger partial charge is 0.0683 e. The van der Waals surface area contributed by atoms with Gasteiger partial charge in [-0.05, 0) is 23.6 Å². The van der Waals surface area contributed by atoms with E-state index in [1.54, 1.807) is 0 Å². The minimum absolute atomic E-state index is 0.259. The summed E-state index contributed by atoms with van der Waals surface area (Å²) in [5.74, 6) is 4.72. The number of hydrogen-bond donors (Lipinski definition) is 0. The van der Waals surface area contributed by atoms with Crippen molar-refractivity contribution >= 4 is 18.3 Å². The van der Waals surface area contributed by atoms with Crippen LogP contribution in [0.25, 0.3) is 16.1 Å². The fourth-order valence-electron chi connectivity index (χ4n) is 1.89. The molecule has 0 aliphatic carbocycles. The summed E-state index contributed by atoms with van der Waals surface area (Å²) in [6.07, 6.45) is 0. The van der Waals surface area contributed by atoms with Crippen LogP contribution in [0.15, 0.2) is 72.3 Å². The molecule has 1 aromatic heterocycles. The van der Waals surface area contributed by atoms with E-state index < -0.39 is 0 Å². The Balaban J connectivity index is 0.000000574. The summed E-state index contributed by atoms with van der Waals surface area (Å²) in [7, 11) is -0.259. The Bertz CT molecular complexity index is 615. The highest BCUT2D eigenvalue weighted by Gasteiger charge is 2.09. The van der Waals surface area contributed by atoms with Gasteiger partial charge < -0.3 is 0 Å². The van der Waals surface area contributed by atoms with E-state index >= 15 is 0 Å². The molecule has 1 atom stereocenters. The molecule has 0 nitrogen and oxygen atoms in total. The Morgan fingerprint density at radius 1 is 0.667 bits per heavy atom. The topological polar surface area (TPSA) is 0 Å². The van der Waals surface area contributed by atoms with E-state index in [1.807, 2.05) is 13.8 Å². The molecule has 2 aromatic carbocycles. The summed E-state index contributed by atoms with van der Waals surface area (Å²) < 4.78 is 0. The zero-order valence-electron chi connectivity index (χ0n) is 10.9. The van der Waals surface area contributed by atoms with Gasteiger partial charge in [0.05, 0.1) is 0 Å². The normalized spacial score (nSPS) is 10.7. The third-order valence-electron chi connectivity index (χ3n) is 2.74. The molecule has 0 N–H and O–H groups in total. The predicted molar refractivity (Wildman–Crippen MR) is 83.7 cm³/mol. The van der Waals surface area contributed by atoms with Crippen molar-refractivity contribution in [3.8, 4) is 5.30 Å². The van der Waals surface area contributed by atoms with Crippen LogP contribution < -0.4 is 0 Å². The standard InChI is InChI=1S/C15H12P.C2H6/c1-2-8-15(9-3-1)16-11-10-13-6-4-5-7-14(13)12-16;1-2/h1-12H;1-2H3/q+1;. The first-order valence-corrected chi connectivity index (χ1v) is 7.87. The highest BCUT2D eigenvalue weighted by Crippen LogP contribution is 2.40. The van der Waals surface area contributed by atoms with E-state index in [9.17, 15) is 0 Å². The average Bonchev–Trinajstić information content (AvgIpc) is 2.50.